The van der Waals surface area contributed by atoms with Gasteiger partial charge < -0.3 is 14.8 Å². The molecule has 0 unspecified atom stereocenters. The Hall–Kier alpha value is -0.780. The summed E-state index contributed by atoms with van der Waals surface area (Å²) in [5.41, 5.74) is 0. The predicted octanol–water partition coefficient (Wildman–Crippen LogP) is 0.773. The third-order valence-corrected chi connectivity index (χ3v) is 9.45. The SMILES string of the molecule is C[C@@H]1CCCCN1CCNC(=O)C1CCN(S(=O)(=O)N2CCC3(CC2)OCCO3)CC1. The summed E-state index contributed by atoms with van der Waals surface area (Å²) in [5, 5.41) is 3.08. The van der Waals surface area contributed by atoms with Crippen molar-refractivity contribution in [2.75, 3.05) is 59.0 Å². The molecule has 4 saturated heterocycles. The molecule has 10 heteroatoms. The van der Waals surface area contributed by atoms with Crippen LogP contribution in [0.25, 0.3) is 0 Å². The number of nitrogens with one attached hydrogen (secondary N) is 1. The quantitative estimate of drug-likeness (QED) is 0.632. The lowest BCUT2D eigenvalue weighted by atomic mass is 9.97. The smallest absolute Gasteiger partial charge is 0.281 e. The van der Waals surface area contributed by atoms with E-state index in [9.17, 15) is 13.2 Å². The van der Waals surface area contributed by atoms with Gasteiger partial charge in [-0.2, -0.15) is 17.0 Å². The van der Waals surface area contributed by atoms with Crippen molar-refractivity contribution in [3.63, 3.8) is 0 Å². The molecule has 4 aliphatic rings. The van der Waals surface area contributed by atoms with Crippen LogP contribution in [0.1, 0.15) is 51.9 Å². The fraction of sp³-hybridized carbons (Fsp3) is 0.952. The molecule has 1 amide bonds. The first-order valence-corrected chi connectivity index (χ1v) is 13.3. The van der Waals surface area contributed by atoms with Crippen molar-refractivity contribution >= 4 is 16.1 Å². The average Bonchev–Trinajstić information content (AvgIpc) is 3.23. The highest BCUT2D eigenvalue weighted by molar-refractivity contribution is 7.86. The van der Waals surface area contributed by atoms with E-state index >= 15 is 0 Å². The minimum atomic E-state index is -3.50. The first-order valence-electron chi connectivity index (χ1n) is 11.9. The zero-order valence-electron chi connectivity index (χ0n) is 18.8. The molecular weight excluding hydrogens is 420 g/mol. The van der Waals surface area contributed by atoms with E-state index in [4.69, 9.17) is 9.47 Å². The number of hydrogen-bond donors (Lipinski definition) is 1. The minimum Gasteiger partial charge on any atom is -0.355 e. The molecule has 4 heterocycles. The average molecular weight is 459 g/mol. The number of rotatable bonds is 6. The number of ether oxygens (including phenoxy) is 2. The zero-order valence-corrected chi connectivity index (χ0v) is 19.6. The second kappa shape index (κ2) is 10.0. The van der Waals surface area contributed by atoms with Crippen molar-refractivity contribution < 1.29 is 22.7 Å². The zero-order chi connectivity index (χ0) is 21.9. The normalized spacial score (nSPS) is 29.4. The summed E-state index contributed by atoms with van der Waals surface area (Å²) in [6.45, 7) is 7.73. The van der Waals surface area contributed by atoms with E-state index in [2.05, 4.69) is 17.1 Å². The fourth-order valence-electron chi connectivity index (χ4n) is 5.31. The van der Waals surface area contributed by atoms with Gasteiger partial charge in [-0.3, -0.25) is 9.69 Å². The van der Waals surface area contributed by atoms with Crippen molar-refractivity contribution in [2.45, 2.75) is 63.7 Å². The summed E-state index contributed by atoms with van der Waals surface area (Å²) in [6.07, 6.45) is 6.07. The number of nitrogens with zero attached hydrogens (tertiary/aromatic N) is 3. The number of carbonyl (C=O) groups excluding carboxylic acids is 1. The summed E-state index contributed by atoms with van der Waals surface area (Å²) < 4.78 is 40.6. The van der Waals surface area contributed by atoms with Gasteiger partial charge in [-0.05, 0) is 39.2 Å². The van der Waals surface area contributed by atoms with Gasteiger partial charge in [0, 0.05) is 64.1 Å². The van der Waals surface area contributed by atoms with Crippen molar-refractivity contribution in [1.82, 2.24) is 18.8 Å². The van der Waals surface area contributed by atoms with Crippen LogP contribution < -0.4 is 5.32 Å². The Kier molecular flexibility index (Phi) is 7.55. The highest BCUT2D eigenvalue weighted by atomic mass is 32.2. The van der Waals surface area contributed by atoms with Crippen LogP contribution in [0.2, 0.25) is 0 Å². The maximum Gasteiger partial charge on any atom is 0.281 e. The Labute approximate surface area is 186 Å². The first kappa shape index (κ1) is 23.4. The molecule has 1 atom stereocenters. The molecule has 31 heavy (non-hydrogen) atoms. The molecule has 0 aromatic rings. The van der Waals surface area contributed by atoms with Crippen molar-refractivity contribution in [2.24, 2.45) is 5.92 Å². The van der Waals surface area contributed by atoms with E-state index in [-0.39, 0.29) is 11.8 Å². The van der Waals surface area contributed by atoms with Gasteiger partial charge in [-0.1, -0.05) is 6.42 Å². The molecule has 0 bridgehead atoms. The lowest BCUT2D eigenvalue weighted by Gasteiger charge is -2.40. The van der Waals surface area contributed by atoms with Crippen molar-refractivity contribution in [3.05, 3.63) is 0 Å². The molecule has 1 N–H and O–H groups in total. The molecule has 4 aliphatic heterocycles. The van der Waals surface area contributed by atoms with E-state index < -0.39 is 16.0 Å². The maximum atomic E-state index is 13.1. The summed E-state index contributed by atoms with van der Waals surface area (Å²) in [5.74, 6) is -0.615. The minimum absolute atomic E-state index is 0.0668. The fourth-order valence-corrected chi connectivity index (χ4v) is 6.96. The van der Waals surface area contributed by atoms with E-state index in [1.165, 1.54) is 19.3 Å². The summed E-state index contributed by atoms with van der Waals surface area (Å²) >= 11 is 0. The standard InChI is InChI=1S/C21H38N4O5S/c1-18-4-2-3-10-23(18)15-9-22-20(26)19-5-11-24(12-6-19)31(27,28)25-13-7-21(8-14-25)29-16-17-30-21/h18-19H,2-17H2,1H3,(H,22,26)/t18-/m1/s1. The van der Waals surface area contributed by atoms with E-state index in [0.29, 0.717) is 77.7 Å². The summed E-state index contributed by atoms with van der Waals surface area (Å²) in [7, 11) is -3.50. The van der Waals surface area contributed by atoms with Crippen LogP contribution in [0.4, 0.5) is 0 Å². The Balaban J connectivity index is 1.19. The molecule has 0 radical (unpaired) electrons. The van der Waals surface area contributed by atoms with Gasteiger partial charge in [0.25, 0.3) is 10.2 Å². The molecule has 0 aromatic heterocycles. The molecule has 0 aromatic carbocycles. The predicted molar refractivity (Wildman–Crippen MR) is 117 cm³/mol. The lowest BCUT2D eigenvalue weighted by Crippen LogP contribution is -2.53. The molecule has 0 aliphatic carbocycles. The molecule has 9 nitrogen and oxygen atoms in total. The highest BCUT2D eigenvalue weighted by Crippen LogP contribution is 2.33. The third kappa shape index (κ3) is 5.42. The Morgan fingerprint density at radius 3 is 2.26 bits per heavy atom. The molecule has 4 fully saturated rings. The van der Waals surface area contributed by atoms with Gasteiger partial charge in [0.1, 0.15) is 0 Å². The largest absolute Gasteiger partial charge is 0.355 e. The number of piperidine rings is 3. The van der Waals surface area contributed by atoms with Crippen LogP contribution >= 0.6 is 0 Å². The van der Waals surface area contributed by atoms with Crippen LogP contribution in [0.15, 0.2) is 0 Å². The maximum absolute atomic E-state index is 13.1. The second-order valence-corrected chi connectivity index (χ2v) is 11.3. The second-order valence-electron chi connectivity index (χ2n) is 9.36. The Bertz CT molecular complexity index is 709. The molecule has 0 saturated carbocycles. The van der Waals surface area contributed by atoms with Crippen LogP contribution in [0, 0.1) is 5.92 Å². The highest BCUT2D eigenvalue weighted by Gasteiger charge is 2.44. The Morgan fingerprint density at radius 1 is 0.968 bits per heavy atom. The van der Waals surface area contributed by atoms with Gasteiger partial charge in [-0.15, -0.1) is 0 Å². The molecule has 1 spiro atoms. The van der Waals surface area contributed by atoms with Gasteiger partial charge in [0.05, 0.1) is 13.2 Å². The van der Waals surface area contributed by atoms with Gasteiger partial charge >= 0.3 is 0 Å². The molecule has 4 rings (SSSR count). The van der Waals surface area contributed by atoms with E-state index in [0.717, 1.165) is 13.1 Å². The van der Waals surface area contributed by atoms with Crippen LogP contribution in [-0.2, 0) is 24.5 Å². The van der Waals surface area contributed by atoms with Gasteiger partial charge in [-0.25, -0.2) is 0 Å². The molecule has 178 valence electrons. The lowest BCUT2D eigenvalue weighted by molar-refractivity contribution is -0.179. The Morgan fingerprint density at radius 2 is 1.61 bits per heavy atom. The molecular formula is C21H38N4O5S. The van der Waals surface area contributed by atoms with Gasteiger partial charge in [0.15, 0.2) is 5.79 Å². The van der Waals surface area contributed by atoms with Crippen LogP contribution in [0.3, 0.4) is 0 Å². The summed E-state index contributed by atoms with van der Waals surface area (Å²) in [4.78, 5) is 15.0. The third-order valence-electron chi connectivity index (χ3n) is 7.41. The number of amides is 1. The number of hydrogen-bond acceptors (Lipinski definition) is 6. The van der Waals surface area contributed by atoms with Crippen LogP contribution in [0.5, 0.6) is 0 Å². The van der Waals surface area contributed by atoms with Gasteiger partial charge in [0.2, 0.25) is 5.91 Å². The monoisotopic (exact) mass is 458 g/mol. The topological polar surface area (TPSA) is 91.4 Å². The van der Waals surface area contributed by atoms with Crippen molar-refractivity contribution in [3.8, 4) is 0 Å². The summed E-state index contributed by atoms with van der Waals surface area (Å²) in [6, 6.07) is 0.593. The van der Waals surface area contributed by atoms with E-state index in [1.807, 2.05) is 0 Å². The number of carbonyl (C=O) groups is 1. The van der Waals surface area contributed by atoms with Crippen LogP contribution in [-0.4, -0.2) is 98.7 Å². The number of likely N-dealkylation sites (tertiary alicyclic amines) is 1. The van der Waals surface area contributed by atoms with Crippen molar-refractivity contribution in [1.29, 1.82) is 0 Å². The van der Waals surface area contributed by atoms with E-state index in [1.54, 1.807) is 8.61 Å². The first-order chi connectivity index (χ1) is 14.9.